The third-order valence-electron chi connectivity index (χ3n) is 8.34. The van der Waals surface area contributed by atoms with Crippen LogP contribution in [-0.4, -0.2) is 25.6 Å². The molecule has 1 aromatic heterocycles. The number of hydrogen-bond acceptors (Lipinski definition) is 3. The van der Waals surface area contributed by atoms with Crippen molar-refractivity contribution >= 4 is 48.9 Å². The summed E-state index contributed by atoms with van der Waals surface area (Å²) in [5.74, 6) is 0. The van der Waals surface area contributed by atoms with Crippen LogP contribution in [0.2, 0.25) is 18.1 Å². The van der Waals surface area contributed by atoms with Gasteiger partial charge in [-0.2, -0.15) is 0 Å². The molecule has 0 aliphatic heterocycles. The zero-order valence-corrected chi connectivity index (χ0v) is 27.4. The van der Waals surface area contributed by atoms with Crippen molar-refractivity contribution in [3.63, 3.8) is 0 Å². The van der Waals surface area contributed by atoms with Crippen LogP contribution in [0.1, 0.15) is 44.8 Å². The third kappa shape index (κ3) is 6.87. The first-order valence-corrected chi connectivity index (χ1v) is 20.0. The molecule has 0 unspecified atom stereocenters. The van der Waals surface area contributed by atoms with E-state index in [0.717, 1.165) is 23.3 Å². The number of aryl methyl sites for hydroxylation is 1. The van der Waals surface area contributed by atoms with Crippen molar-refractivity contribution in [2.24, 2.45) is 0 Å². The van der Waals surface area contributed by atoms with Crippen molar-refractivity contribution in [3.05, 3.63) is 113 Å². The molecule has 0 saturated carbocycles. The Balaban J connectivity index is 1.82. The Morgan fingerprint density at radius 1 is 0.872 bits per heavy atom. The monoisotopic (exact) mass is 573 g/mol. The SMILES string of the molecule is C/C(=C\c1csc(C)n1)[C@H](CC[PH](c1ccccc1)(c1ccccc1)c1ccccc1)O[Si](C)(C)C(C)(C)C. The summed E-state index contributed by atoms with van der Waals surface area (Å²) in [5, 5.41) is 7.73. The van der Waals surface area contributed by atoms with Gasteiger partial charge in [-0.15, -0.1) is 0 Å². The van der Waals surface area contributed by atoms with Crippen molar-refractivity contribution in [3.8, 4) is 0 Å². The molecule has 0 aliphatic rings. The second-order valence-corrected chi connectivity index (χ2v) is 21.9. The molecular formula is C34H44NOPSSi. The summed E-state index contributed by atoms with van der Waals surface area (Å²) in [7, 11) is -4.37. The Labute approximate surface area is 241 Å². The second-order valence-electron chi connectivity index (χ2n) is 12.1. The Morgan fingerprint density at radius 3 is 1.72 bits per heavy atom. The van der Waals surface area contributed by atoms with Crippen molar-refractivity contribution in [1.29, 1.82) is 0 Å². The first-order chi connectivity index (χ1) is 18.5. The Morgan fingerprint density at radius 2 is 1.33 bits per heavy atom. The molecule has 0 fully saturated rings. The van der Waals surface area contributed by atoms with Gasteiger partial charge in [0, 0.05) is 0 Å². The molecule has 0 amide bonds. The van der Waals surface area contributed by atoms with Crippen LogP contribution >= 0.6 is 18.6 Å². The van der Waals surface area contributed by atoms with Crippen LogP contribution in [0.15, 0.2) is 102 Å². The van der Waals surface area contributed by atoms with E-state index in [-0.39, 0.29) is 11.1 Å². The van der Waals surface area contributed by atoms with Gasteiger partial charge in [-0.3, -0.25) is 0 Å². The van der Waals surface area contributed by atoms with Crippen LogP contribution in [0.25, 0.3) is 6.08 Å². The van der Waals surface area contributed by atoms with E-state index in [4.69, 9.17) is 9.41 Å². The van der Waals surface area contributed by atoms with Crippen molar-refractivity contribution in [1.82, 2.24) is 4.98 Å². The average molecular weight is 574 g/mol. The summed E-state index contributed by atoms with van der Waals surface area (Å²) in [6, 6.07) is 33.6. The van der Waals surface area contributed by atoms with Crippen LogP contribution in [0, 0.1) is 6.92 Å². The molecule has 2 nitrogen and oxygen atoms in total. The van der Waals surface area contributed by atoms with Gasteiger partial charge in [0.15, 0.2) is 0 Å². The van der Waals surface area contributed by atoms with E-state index in [1.165, 1.54) is 21.5 Å². The molecule has 0 bridgehead atoms. The fourth-order valence-electron chi connectivity index (χ4n) is 5.13. The summed E-state index contributed by atoms with van der Waals surface area (Å²) < 4.78 is 7.21. The molecule has 39 heavy (non-hydrogen) atoms. The zero-order chi connectivity index (χ0) is 28.1. The van der Waals surface area contributed by atoms with Crippen LogP contribution in [-0.2, 0) is 4.43 Å². The van der Waals surface area contributed by atoms with E-state index in [2.05, 4.69) is 150 Å². The molecule has 0 aliphatic carbocycles. The van der Waals surface area contributed by atoms with Crippen LogP contribution in [0.5, 0.6) is 0 Å². The maximum absolute atomic E-state index is 7.21. The van der Waals surface area contributed by atoms with Crippen LogP contribution in [0.3, 0.4) is 0 Å². The summed E-state index contributed by atoms with van der Waals surface area (Å²) in [4.78, 5) is 4.74. The van der Waals surface area contributed by atoms with Gasteiger partial charge in [-0.05, 0) is 0 Å². The van der Waals surface area contributed by atoms with Crippen LogP contribution in [0.4, 0.5) is 0 Å². The van der Waals surface area contributed by atoms with Gasteiger partial charge in [0.25, 0.3) is 0 Å². The summed E-state index contributed by atoms with van der Waals surface area (Å²) in [6.07, 6.45) is 4.31. The van der Waals surface area contributed by atoms with E-state index >= 15 is 0 Å². The number of rotatable bonds is 10. The molecular weight excluding hydrogens is 530 g/mol. The minimum absolute atomic E-state index is 0.0379. The van der Waals surface area contributed by atoms with Gasteiger partial charge < -0.3 is 0 Å². The molecule has 0 saturated heterocycles. The molecule has 4 aromatic rings. The van der Waals surface area contributed by atoms with Crippen molar-refractivity contribution < 1.29 is 4.43 Å². The number of nitrogens with zero attached hydrogens (tertiary/aromatic N) is 1. The summed E-state index contributed by atoms with van der Waals surface area (Å²) >= 11 is 1.70. The molecule has 1 atom stereocenters. The number of thiazole rings is 1. The fourth-order valence-corrected chi connectivity index (χ4v) is 11.9. The topological polar surface area (TPSA) is 22.1 Å². The van der Waals surface area contributed by atoms with E-state index in [0.29, 0.717) is 0 Å². The maximum atomic E-state index is 7.21. The van der Waals surface area contributed by atoms with E-state index < -0.39 is 15.6 Å². The first-order valence-electron chi connectivity index (χ1n) is 14.0. The van der Waals surface area contributed by atoms with Gasteiger partial charge in [-0.25, -0.2) is 0 Å². The molecule has 0 radical (unpaired) electrons. The molecule has 206 valence electrons. The standard InChI is InChI=1S/C34H44NOPSSi/c1-27(25-29-26-38-28(2)35-29)33(36-39(6,7)34(3,4)5)23-24-37(30-17-11-8-12-18-30,31-19-13-9-14-20-31)32-21-15-10-16-22-32/h8-22,25-26,33,37H,23-24H2,1-7H3/b27-25+/t33-/m0/s1. The number of hydrogen-bond donors (Lipinski definition) is 0. The summed E-state index contributed by atoms with van der Waals surface area (Å²) in [6.45, 7) is 16.0. The minimum atomic E-state index is -2.35. The molecule has 3 aromatic carbocycles. The third-order valence-corrected chi connectivity index (χ3v) is 18.6. The van der Waals surface area contributed by atoms with Crippen LogP contribution < -0.4 is 15.9 Å². The predicted molar refractivity (Wildman–Crippen MR) is 179 cm³/mol. The molecule has 0 N–H and O–H groups in total. The van der Waals surface area contributed by atoms with Crippen molar-refractivity contribution in [2.45, 2.75) is 65.3 Å². The Kier molecular flexibility index (Phi) is 9.44. The second kappa shape index (κ2) is 12.4. The normalized spacial score (nSPS) is 14.3. The Bertz CT molecular complexity index is 1260. The van der Waals surface area contributed by atoms with Gasteiger partial charge >= 0.3 is 242 Å². The van der Waals surface area contributed by atoms with E-state index in [1.807, 2.05) is 0 Å². The quantitative estimate of drug-likeness (QED) is 0.140. The van der Waals surface area contributed by atoms with Crippen molar-refractivity contribution in [2.75, 3.05) is 6.16 Å². The van der Waals surface area contributed by atoms with Gasteiger partial charge in [0.2, 0.25) is 0 Å². The molecule has 0 spiro atoms. The predicted octanol–water partition coefficient (Wildman–Crippen LogP) is 8.36. The van der Waals surface area contributed by atoms with Gasteiger partial charge in [0.1, 0.15) is 0 Å². The number of aromatic nitrogens is 1. The van der Waals surface area contributed by atoms with E-state index in [9.17, 15) is 0 Å². The Hall–Kier alpha value is -2.36. The first kappa shape index (κ1) is 29.6. The molecule has 1 heterocycles. The summed E-state index contributed by atoms with van der Waals surface area (Å²) in [5.41, 5.74) is 2.30. The molecule has 4 rings (SSSR count). The van der Waals surface area contributed by atoms with E-state index in [1.54, 1.807) is 11.3 Å². The van der Waals surface area contributed by atoms with Gasteiger partial charge in [-0.1, -0.05) is 0 Å². The average Bonchev–Trinajstić information content (AvgIpc) is 3.33. The number of benzene rings is 3. The molecule has 5 heteroatoms. The van der Waals surface area contributed by atoms with Gasteiger partial charge in [0.05, 0.1) is 0 Å². The zero-order valence-electron chi connectivity index (χ0n) is 24.6. The fraction of sp³-hybridized carbons (Fsp3) is 0.324.